The third kappa shape index (κ3) is 2.04. The largest absolute Gasteiger partial charge is 0.330 e. The van der Waals surface area contributed by atoms with Gasteiger partial charge in [-0.25, -0.2) is 4.39 Å². The van der Waals surface area contributed by atoms with Crippen LogP contribution in [0.2, 0.25) is 5.02 Å². The Kier molecular flexibility index (Phi) is 3.13. The van der Waals surface area contributed by atoms with Crippen LogP contribution in [-0.4, -0.2) is 6.54 Å². The molecule has 0 aliphatic rings. The molecule has 0 aliphatic carbocycles. The number of aryl methyl sites for hydroxylation is 1. The highest BCUT2D eigenvalue weighted by Crippen LogP contribution is 2.25. The SMILES string of the molecule is Cc1cc2cc(F)c(Cl)cc2cc1CCN. The van der Waals surface area contributed by atoms with Crippen LogP contribution >= 0.6 is 11.6 Å². The van der Waals surface area contributed by atoms with Crippen molar-refractivity contribution in [3.63, 3.8) is 0 Å². The number of benzene rings is 2. The van der Waals surface area contributed by atoms with Gasteiger partial charge in [-0.2, -0.15) is 0 Å². The highest BCUT2D eigenvalue weighted by molar-refractivity contribution is 6.31. The first kappa shape index (κ1) is 11.4. The van der Waals surface area contributed by atoms with Gasteiger partial charge >= 0.3 is 0 Å². The lowest BCUT2D eigenvalue weighted by Gasteiger charge is -2.08. The van der Waals surface area contributed by atoms with Crippen molar-refractivity contribution < 1.29 is 4.39 Å². The Bertz CT molecular complexity index is 537. The van der Waals surface area contributed by atoms with Gasteiger partial charge in [0.05, 0.1) is 5.02 Å². The fourth-order valence-corrected chi connectivity index (χ4v) is 2.05. The standard InChI is InChI=1S/C13H13ClFN/c1-8-4-10-7-13(15)12(14)6-11(10)5-9(8)2-3-16/h4-7H,2-3,16H2,1H3. The van der Waals surface area contributed by atoms with E-state index < -0.39 is 0 Å². The molecule has 2 aromatic carbocycles. The average Bonchev–Trinajstić information content (AvgIpc) is 2.23. The molecule has 0 amide bonds. The molecule has 0 saturated heterocycles. The smallest absolute Gasteiger partial charge is 0.142 e. The van der Waals surface area contributed by atoms with Crippen LogP contribution in [0.1, 0.15) is 11.1 Å². The second-order valence-corrected chi connectivity index (χ2v) is 4.34. The van der Waals surface area contributed by atoms with Gasteiger partial charge < -0.3 is 5.73 Å². The molecule has 0 aliphatic heterocycles. The van der Waals surface area contributed by atoms with Crippen molar-refractivity contribution in [2.45, 2.75) is 13.3 Å². The number of rotatable bonds is 2. The Hall–Kier alpha value is -1.12. The highest BCUT2D eigenvalue weighted by atomic mass is 35.5. The van der Waals surface area contributed by atoms with E-state index in [4.69, 9.17) is 17.3 Å². The summed E-state index contributed by atoms with van der Waals surface area (Å²) >= 11 is 5.76. The summed E-state index contributed by atoms with van der Waals surface area (Å²) in [5.74, 6) is -0.375. The lowest BCUT2D eigenvalue weighted by Crippen LogP contribution is -2.04. The Morgan fingerprint density at radius 2 is 1.88 bits per heavy atom. The number of nitrogens with two attached hydrogens (primary N) is 1. The molecule has 0 spiro atoms. The molecule has 2 aromatic rings. The van der Waals surface area contributed by atoms with Crippen molar-refractivity contribution in [3.05, 3.63) is 46.2 Å². The molecule has 0 saturated carbocycles. The van der Waals surface area contributed by atoms with E-state index in [0.717, 1.165) is 22.8 Å². The van der Waals surface area contributed by atoms with E-state index in [1.807, 2.05) is 19.1 Å². The molecule has 16 heavy (non-hydrogen) atoms. The van der Waals surface area contributed by atoms with E-state index in [0.29, 0.717) is 6.54 Å². The normalized spacial score (nSPS) is 11.0. The van der Waals surface area contributed by atoms with Crippen molar-refractivity contribution in [2.24, 2.45) is 5.73 Å². The number of fused-ring (bicyclic) bond motifs is 1. The van der Waals surface area contributed by atoms with Gasteiger partial charge in [-0.1, -0.05) is 23.7 Å². The molecule has 1 nitrogen and oxygen atoms in total. The van der Waals surface area contributed by atoms with Gasteiger partial charge in [0.2, 0.25) is 0 Å². The van der Waals surface area contributed by atoms with E-state index in [1.165, 1.54) is 11.6 Å². The third-order valence-electron chi connectivity index (χ3n) is 2.75. The molecule has 0 radical (unpaired) electrons. The summed E-state index contributed by atoms with van der Waals surface area (Å²) in [6.45, 7) is 2.62. The quantitative estimate of drug-likeness (QED) is 0.851. The molecule has 0 atom stereocenters. The maximum Gasteiger partial charge on any atom is 0.142 e. The fourth-order valence-electron chi connectivity index (χ4n) is 1.88. The summed E-state index contributed by atoms with van der Waals surface area (Å²) < 4.78 is 13.3. The first-order chi connectivity index (χ1) is 7.61. The lowest BCUT2D eigenvalue weighted by atomic mass is 10.00. The zero-order chi connectivity index (χ0) is 11.7. The van der Waals surface area contributed by atoms with Crippen LogP contribution in [0.15, 0.2) is 24.3 Å². The first-order valence-corrected chi connectivity index (χ1v) is 5.58. The topological polar surface area (TPSA) is 26.0 Å². The van der Waals surface area contributed by atoms with Gasteiger partial charge in [0.15, 0.2) is 0 Å². The molecule has 0 fully saturated rings. The minimum Gasteiger partial charge on any atom is -0.330 e. The second kappa shape index (κ2) is 4.40. The molecule has 3 heteroatoms. The average molecular weight is 238 g/mol. The van der Waals surface area contributed by atoms with Crippen LogP contribution in [-0.2, 0) is 6.42 Å². The van der Waals surface area contributed by atoms with Crippen LogP contribution in [0, 0.1) is 12.7 Å². The molecule has 84 valence electrons. The highest BCUT2D eigenvalue weighted by Gasteiger charge is 2.05. The van der Waals surface area contributed by atoms with Crippen molar-refractivity contribution in [1.82, 2.24) is 0 Å². The summed E-state index contributed by atoms with van der Waals surface area (Å²) in [7, 11) is 0. The molecule has 0 bridgehead atoms. The number of hydrogen-bond donors (Lipinski definition) is 1. The minimum absolute atomic E-state index is 0.162. The third-order valence-corrected chi connectivity index (χ3v) is 3.04. The predicted molar refractivity (Wildman–Crippen MR) is 66.4 cm³/mol. The van der Waals surface area contributed by atoms with Gasteiger partial charge in [-0.3, -0.25) is 0 Å². The van der Waals surface area contributed by atoms with Gasteiger partial charge in [-0.05, 0) is 53.9 Å². The first-order valence-electron chi connectivity index (χ1n) is 5.20. The van der Waals surface area contributed by atoms with Crippen LogP contribution in [0.5, 0.6) is 0 Å². The van der Waals surface area contributed by atoms with Crippen molar-refractivity contribution in [2.75, 3.05) is 6.54 Å². The zero-order valence-electron chi connectivity index (χ0n) is 9.06. The summed E-state index contributed by atoms with van der Waals surface area (Å²) in [5, 5.41) is 2.00. The summed E-state index contributed by atoms with van der Waals surface area (Å²) in [4.78, 5) is 0. The Balaban J connectivity index is 2.65. The van der Waals surface area contributed by atoms with Crippen molar-refractivity contribution in [3.8, 4) is 0 Å². The molecule has 2 N–H and O–H groups in total. The molecular weight excluding hydrogens is 225 g/mol. The fraction of sp³-hybridized carbons (Fsp3) is 0.231. The van der Waals surface area contributed by atoms with Gasteiger partial charge in [0.25, 0.3) is 0 Å². The van der Waals surface area contributed by atoms with E-state index >= 15 is 0 Å². The zero-order valence-corrected chi connectivity index (χ0v) is 9.81. The minimum atomic E-state index is -0.375. The van der Waals surface area contributed by atoms with E-state index in [9.17, 15) is 4.39 Å². The van der Waals surface area contributed by atoms with Crippen LogP contribution in [0.25, 0.3) is 10.8 Å². The van der Waals surface area contributed by atoms with Crippen molar-refractivity contribution in [1.29, 1.82) is 0 Å². The van der Waals surface area contributed by atoms with Gasteiger partial charge in [-0.15, -0.1) is 0 Å². The Labute approximate surface area is 99.0 Å². The Morgan fingerprint density at radius 3 is 2.56 bits per heavy atom. The van der Waals surface area contributed by atoms with E-state index in [1.54, 1.807) is 6.07 Å². The van der Waals surface area contributed by atoms with Gasteiger partial charge in [0, 0.05) is 0 Å². The van der Waals surface area contributed by atoms with Crippen LogP contribution in [0.4, 0.5) is 4.39 Å². The van der Waals surface area contributed by atoms with Crippen LogP contribution < -0.4 is 5.73 Å². The predicted octanol–water partition coefficient (Wildman–Crippen LogP) is 3.44. The maximum absolute atomic E-state index is 13.3. The maximum atomic E-state index is 13.3. The van der Waals surface area contributed by atoms with E-state index in [2.05, 4.69) is 0 Å². The molecule has 2 rings (SSSR count). The number of halogens is 2. The molecule has 0 aromatic heterocycles. The number of hydrogen-bond acceptors (Lipinski definition) is 1. The summed E-state index contributed by atoms with van der Waals surface area (Å²) in [6, 6.07) is 7.13. The van der Waals surface area contributed by atoms with Crippen LogP contribution in [0.3, 0.4) is 0 Å². The molecule has 0 unspecified atom stereocenters. The molecular formula is C13H13ClFN. The van der Waals surface area contributed by atoms with E-state index in [-0.39, 0.29) is 10.8 Å². The second-order valence-electron chi connectivity index (χ2n) is 3.93. The lowest BCUT2D eigenvalue weighted by molar-refractivity contribution is 0.630. The molecule has 0 heterocycles. The summed E-state index contributed by atoms with van der Waals surface area (Å²) in [6.07, 6.45) is 0.830. The Morgan fingerprint density at radius 1 is 1.19 bits per heavy atom. The monoisotopic (exact) mass is 237 g/mol. The van der Waals surface area contributed by atoms with Crippen molar-refractivity contribution >= 4 is 22.4 Å². The summed E-state index contributed by atoms with van der Waals surface area (Å²) in [5.41, 5.74) is 7.87. The van der Waals surface area contributed by atoms with Gasteiger partial charge in [0.1, 0.15) is 5.82 Å².